The zero-order chi connectivity index (χ0) is 12.3. The molecular weight excluding hydrogens is 218 g/mol. The van der Waals surface area contributed by atoms with Crippen molar-refractivity contribution in [3.8, 4) is 5.75 Å². The van der Waals surface area contributed by atoms with Gasteiger partial charge in [-0.2, -0.15) is 0 Å². The maximum absolute atomic E-state index is 12.0. The monoisotopic (exact) mass is 235 g/mol. The second-order valence-corrected chi connectivity index (χ2v) is 4.42. The summed E-state index contributed by atoms with van der Waals surface area (Å²) >= 11 is 0. The highest BCUT2D eigenvalue weighted by Gasteiger charge is 2.25. The summed E-state index contributed by atoms with van der Waals surface area (Å²) in [5.74, 6) is 0.196. The number of hydrogen-bond acceptors (Lipinski definition) is 4. The fourth-order valence-corrected chi connectivity index (χ4v) is 2.23. The van der Waals surface area contributed by atoms with Crippen molar-refractivity contribution >= 4 is 5.78 Å². The normalized spacial score (nSPS) is 20.6. The molecular formula is C13H17NO3. The molecule has 0 spiro atoms. The Balaban J connectivity index is 1.99. The van der Waals surface area contributed by atoms with Crippen LogP contribution < -0.4 is 0 Å². The van der Waals surface area contributed by atoms with Gasteiger partial charge in [0.05, 0.1) is 13.2 Å². The highest BCUT2D eigenvalue weighted by Crippen LogP contribution is 2.17. The number of aromatic hydroxyl groups is 1. The van der Waals surface area contributed by atoms with Crippen LogP contribution in [0.1, 0.15) is 23.2 Å². The Bertz CT molecular complexity index is 388. The Labute approximate surface area is 100 Å². The van der Waals surface area contributed by atoms with Crippen LogP contribution in [0.3, 0.4) is 0 Å². The van der Waals surface area contributed by atoms with E-state index >= 15 is 0 Å². The summed E-state index contributed by atoms with van der Waals surface area (Å²) in [6.07, 6.45) is 1.99. The first-order valence-electron chi connectivity index (χ1n) is 5.88. The molecule has 0 aromatic heterocycles. The first kappa shape index (κ1) is 12.1. The van der Waals surface area contributed by atoms with Crippen LogP contribution in [0.15, 0.2) is 24.3 Å². The van der Waals surface area contributed by atoms with Crippen molar-refractivity contribution in [1.29, 1.82) is 0 Å². The molecule has 92 valence electrons. The molecule has 1 saturated heterocycles. The van der Waals surface area contributed by atoms with E-state index in [9.17, 15) is 9.90 Å². The van der Waals surface area contributed by atoms with Gasteiger partial charge in [-0.05, 0) is 43.7 Å². The highest BCUT2D eigenvalue weighted by atomic mass is 16.3. The van der Waals surface area contributed by atoms with Crippen LogP contribution in [-0.4, -0.2) is 46.6 Å². The fraction of sp³-hybridized carbons (Fsp3) is 0.462. The minimum atomic E-state index is 0.0327. The summed E-state index contributed by atoms with van der Waals surface area (Å²) < 4.78 is 0. The summed E-state index contributed by atoms with van der Waals surface area (Å²) in [7, 11) is 0. The van der Waals surface area contributed by atoms with Gasteiger partial charge >= 0.3 is 0 Å². The van der Waals surface area contributed by atoms with Gasteiger partial charge in [-0.1, -0.05) is 0 Å². The molecule has 1 aromatic carbocycles. The number of ketones is 1. The van der Waals surface area contributed by atoms with Crippen molar-refractivity contribution in [3.63, 3.8) is 0 Å². The number of nitrogens with zero attached hydrogens (tertiary/aromatic N) is 1. The van der Waals surface area contributed by atoms with Gasteiger partial charge in [0.2, 0.25) is 0 Å². The van der Waals surface area contributed by atoms with E-state index in [4.69, 9.17) is 5.11 Å². The van der Waals surface area contributed by atoms with Gasteiger partial charge in [0, 0.05) is 11.6 Å². The molecule has 4 heteroatoms. The smallest absolute Gasteiger partial charge is 0.176 e. The van der Waals surface area contributed by atoms with Crippen LogP contribution in [0.4, 0.5) is 0 Å². The van der Waals surface area contributed by atoms with Gasteiger partial charge in [-0.25, -0.2) is 0 Å². The van der Waals surface area contributed by atoms with Crippen LogP contribution in [0.5, 0.6) is 5.75 Å². The summed E-state index contributed by atoms with van der Waals surface area (Å²) in [5.41, 5.74) is 0.603. The zero-order valence-electron chi connectivity index (χ0n) is 9.67. The molecule has 1 aliphatic rings. The number of likely N-dealkylation sites (tertiary alicyclic amines) is 1. The van der Waals surface area contributed by atoms with E-state index in [-0.39, 0.29) is 24.2 Å². The van der Waals surface area contributed by atoms with Crippen LogP contribution in [-0.2, 0) is 0 Å². The number of carbonyl (C=O) groups excluding carboxylic acids is 1. The van der Waals surface area contributed by atoms with E-state index < -0.39 is 0 Å². The van der Waals surface area contributed by atoms with Crippen LogP contribution >= 0.6 is 0 Å². The Morgan fingerprint density at radius 3 is 2.71 bits per heavy atom. The highest BCUT2D eigenvalue weighted by molar-refractivity contribution is 5.97. The Hall–Kier alpha value is -1.39. The lowest BCUT2D eigenvalue weighted by atomic mass is 10.1. The molecule has 0 bridgehead atoms. The number of phenolic OH excluding ortho intramolecular Hbond substituents is 1. The minimum Gasteiger partial charge on any atom is -0.508 e. The Kier molecular flexibility index (Phi) is 3.76. The molecule has 2 rings (SSSR count). The van der Waals surface area contributed by atoms with Crippen molar-refractivity contribution in [1.82, 2.24) is 4.90 Å². The molecule has 1 fully saturated rings. The number of carbonyl (C=O) groups is 1. The number of phenols is 1. The van der Waals surface area contributed by atoms with Crippen LogP contribution in [0.2, 0.25) is 0 Å². The molecule has 0 saturated carbocycles. The quantitative estimate of drug-likeness (QED) is 0.765. The van der Waals surface area contributed by atoms with Gasteiger partial charge in [-0.15, -0.1) is 0 Å². The van der Waals surface area contributed by atoms with Gasteiger partial charge in [-0.3, -0.25) is 9.69 Å². The molecule has 1 heterocycles. The molecule has 2 N–H and O–H groups in total. The number of Topliss-reactive ketones (excluding diaryl/α,β-unsaturated/α-hetero) is 1. The average molecular weight is 235 g/mol. The summed E-state index contributed by atoms with van der Waals surface area (Å²) in [5, 5.41) is 18.3. The lowest BCUT2D eigenvalue weighted by Gasteiger charge is -2.21. The summed E-state index contributed by atoms with van der Waals surface area (Å²) in [4.78, 5) is 14.0. The van der Waals surface area contributed by atoms with E-state index in [0.29, 0.717) is 12.1 Å². The number of hydrogen-bond donors (Lipinski definition) is 2. The third-order valence-corrected chi connectivity index (χ3v) is 3.25. The third kappa shape index (κ3) is 2.84. The number of rotatable bonds is 4. The molecule has 1 aliphatic heterocycles. The first-order valence-corrected chi connectivity index (χ1v) is 5.88. The lowest BCUT2D eigenvalue weighted by molar-refractivity contribution is 0.0888. The van der Waals surface area contributed by atoms with E-state index in [2.05, 4.69) is 0 Å². The minimum absolute atomic E-state index is 0.0327. The number of aliphatic hydroxyl groups excluding tert-OH is 1. The van der Waals surface area contributed by atoms with E-state index in [1.54, 1.807) is 12.1 Å². The maximum atomic E-state index is 12.0. The lowest BCUT2D eigenvalue weighted by Crippen LogP contribution is -2.36. The van der Waals surface area contributed by atoms with Crippen molar-refractivity contribution in [2.75, 3.05) is 19.7 Å². The predicted octanol–water partition coefficient (Wildman–Crippen LogP) is 1.03. The molecule has 1 aromatic rings. The Morgan fingerprint density at radius 1 is 1.35 bits per heavy atom. The standard InChI is InChI=1S/C13H17NO3/c15-9-11-2-1-7-14(11)8-13(17)10-3-5-12(16)6-4-10/h3-6,11,15-16H,1-2,7-9H2. The van der Waals surface area contributed by atoms with Crippen molar-refractivity contribution < 1.29 is 15.0 Å². The van der Waals surface area contributed by atoms with E-state index in [1.165, 1.54) is 12.1 Å². The maximum Gasteiger partial charge on any atom is 0.176 e. The van der Waals surface area contributed by atoms with Gasteiger partial charge in [0.15, 0.2) is 5.78 Å². The SMILES string of the molecule is O=C(CN1CCCC1CO)c1ccc(O)cc1. The number of aliphatic hydroxyl groups is 1. The van der Waals surface area contributed by atoms with Crippen molar-refractivity contribution in [2.24, 2.45) is 0 Å². The average Bonchev–Trinajstić information content (AvgIpc) is 2.77. The van der Waals surface area contributed by atoms with E-state index in [0.717, 1.165) is 19.4 Å². The fourth-order valence-electron chi connectivity index (χ4n) is 2.23. The van der Waals surface area contributed by atoms with Gasteiger partial charge in [0.1, 0.15) is 5.75 Å². The molecule has 4 nitrogen and oxygen atoms in total. The largest absolute Gasteiger partial charge is 0.508 e. The summed E-state index contributed by atoms with van der Waals surface area (Å²) in [6.45, 7) is 1.33. The van der Waals surface area contributed by atoms with Crippen molar-refractivity contribution in [3.05, 3.63) is 29.8 Å². The first-order chi connectivity index (χ1) is 8.20. The van der Waals surface area contributed by atoms with Gasteiger partial charge < -0.3 is 10.2 Å². The predicted molar refractivity (Wildman–Crippen MR) is 64.1 cm³/mol. The molecule has 1 unspecified atom stereocenters. The topological polar surface area (TPSA) is 60.8 Å². The Morgan fingerprint density at radius 2 is 2.06 bits per heavy atom. The molecule has 0 amide bonds. The van der Waals surface area contributed by atoms with Crippen LogP contribution in [0.25, 0.3) is 0 Å². The number of benzene rings is 1. The van der Waals surface area contributed by atoms with Crippen molar-refractivity contribution in [2.45, 2.75) is 18.9 Å². The van der Waals surface area contributed by atoms with E-state index in [1.807, 2.05) is 4.90 Å². The molecule has 1 atom stereocenters. The van der Waals surface area contributed by atoms with Crippen LogP contribution in [0, 0.1) is 0 Å². The second kappa shape index (κ2) is 5.29. The van der Waals surface area contributed by atoms with Gasteiger partial charge in [0.25, 0.3) is 0 Å². The second-order valence-electron chi connectivity index (χ2n) is 4.42. The molecule has 0 aliphatic carbocycles. The third-order valence-electron chi connectivity index (χ3n) is 3.25. The molecule has 0 radical (unpaired) electrons. The summed E-state index contributed by atoms with van der Waals surface area (Å²) in [6, 6.07) is 6.40. The zero-order valence-corrected chi connectivity index (χ0v) is 9.67. The molecule has 17 heavy (non-hydrogen) atoms.